The molecule has 11 heteroatoms. The molecule has 2 aromatic heterocycles. The second-order valence-corrected chi connectivity index (χ2v) is 15.7. The predicted octanol–water partition coefficient (Wildman–Crippen LogP) is 7.78. The van der Waals surface area contributed by atoms with E-state index in [1.54, 1.807) is 6.20 Å². The lowest BCUT2D eigenvalue weighted by atomic mass is 9.92. The molecule has 3 fully saturated rings. The van der Waals surface area contributed by atoms with Crippen LogP contribution in [0.2, 0.25) is 0 Å². The Kier molecular flexibility index (Phi) is 9.53. The van der Waals surface area contributed by atoms with Crippen molar-refractivity contribution in [3.05, 3.63) is 84.3 Å². The van der Waals surface area contributed by atoms with Gasteiger partial charge in [0.2, 0.25) is 0 Å². The van der Waals surface area contributed by atoms with Gasteiger partial charge in [0.1, 0.15) is 41.6 Å². The lowest BCUT2D eigenvalue weighted by molar-refractivity contribution is 0.0472. The monoisotopic (exact) mass is 718 g/mol. The first-order chi connectivity index (χ1) is 25.6. The van der Waals surface area contributed by atoms with Gasteiger partial charge < -0.3 is 29.3 Å². The smallest absolute Gasteiger partial charge is 0.407 e. The molecule has 53 heavy (non-hydrogen) atoms. The van der Waals surface area contributed by atoms with Crippen LogP contribution in [0, 0.1) is 17.7 Å². The fraction of sp³-hybridized carbons (Fsp3) is 0.429. The number of rotatable bonds is 9. The minimum absolute atomic E-state index is 0.00560. The Hall–Kier alpha value is -5.03. The van der Waals surface area contributed by atoms with E-state index in [9.17, 15) is 4.79 Å². The van der Waals surface area contributed by atoms with E-state index < -0.39 is 17.5 Å². The first-order valence-corrected chi connectivity index (χ1v) is 18.7. The van der Waals surface area contributed by atoms with Gasteiger partial charge in [-0.15, -0.1) is 0 Å². The molecule has 4 heterocycles. The van der Waals surface area contributed by atoms with Crippen molar-refractivity contribution in [2.75, 3.05) is 38.2 Å². The van der Waals surface area contributed by atoms with Gasteiger partial charge in [0.05, 0.1) is 5.39 Å². The molecule has 2 unspecified atom stereocenters. The standard InChI is InChI=1S/C42H47FN6O4/c1-42(2,3)53-41(50)46-36-28-16-17-29(36)23-49(22-28)39-34-21-44-37(35(43)38(34)45-40(47-39)52-25-30-14-10-18-48(30)4)33-20-31(19-27-13-8-9-15-32(27)33)51-24-26-11-6-5-7-12-26/h5-9,11-13,15,19-21,28-30,36H,10,14,16-18,22-25H2,1-4H3,(H,46,50)/t28?,29?,30-,36?/m0/s1. The van der Waals surface area contributed by atoms with Crippen LogP contribution in [-0.2, 0) is 11.3 Å². The summed E-state index contributed by atoms with van der Waals surface area (Å²) in [6.07, 6.45) is 5.36. The summed E-state index contributed by atoms with van der Waals surface area (Å²) in [6.45, 7) is 8.69. The molecule has 3 aromatic carbocycles. The van der Waals surface area contributed by atoms with Crippen LogP contribution in [0.1, 0.15) is 52.0 Å². The van der Waals surface area contributed by atoms with Crippen molar-refractivity contribution in [3.8, 4) is 23.0 Å². The van der Waals surface area contributed by atoms with Crippen molar-refractivity contribution in [1.29, 1.82) is 0 Å². The van der Waals surface area contributed by atoms with Crippen LogP contribution in [0.4, 0.5) is 15.0 Å². The number of fused-ring (bicyclic) bond motifs is 4. The first kappa shape index (κ1) is 35.0. The fourth-order valence-corrected chi connectivity index (χ4v) is 8.25. The third-order valence-electron chi connectivity index (χ3n) is 10.9. The third-order valence-corrected chi connectivity index (χ3v) is 10.9. The highest BCUT2D eigenvalue weighted by molar-refractivity contribution is 6.00. The molecule has 5 aromatic rings. The maximum atomic E-state index is 17.2. The van der Waals surface area contributed by atoms with Gasteiger partial charge in [0, 0.05) is 36.9 Å². The molecule has 0 radical (unpaired) electrons. The number of likely N-dealkylation sites (N-methyl/N-ethyl adjacent to an activating group) is 1. The SMILES string of the molecule is CN1CCC[C@H]1COc1nc(N2CC3CCC(C2)C3NC(=O)OC(C)(C)C)c2cnc(-c3cc(OCc4ccccc4)cc4ccccc34)c(F)c2n1. The Morgan fingerprint density at radius 1 is 0.943 bits per heavy atom. The topological polar surface area (TPSA) is 102 Å². The average molecular weight is 719 g/mol. The number of carbonyl (C=O) groups is 1. The van der Waals surface area contributed by atoms with E-state index in [1.165, 1.54) is 0 Å². The highest BCUT2D eigenvalue weighted by Gasteiger charge is 2.44. The van der Waals surface area contributed by atoms with Crippen LogP contribution in [0.25, 0.3) is 32.9 Å². The average Bonchev–Trinajstić information content (AvgIpc) is 3.64. The van der Waals surface area contributed by atoms with Crippen molar-refractivity contribution < 1.29 is 23.4 Å². The Balaban J connectivity index is 1.16. The van der Waals surface area contributed by atoms with Gasteiger partial charge in [-0.25, -0.2) is 9.18 Å². The number of benzene rings is 3. The molecule has 3 atom stereocenters. The molecular weight excluding hydrogens is 671 g/mol. The van der Waals surface area contributed by atoms with Crippen LogP contribution in [0.3, 0.4) is 0 Å². The van der Waals surface area contributed by atoms with Gasteiger partial charge in [0.15, 0.2) is 5.82 Å². The van der Waals surface area contributed by atoms with Crippen LogP contribution >= 0.6 is 0 Å². The summed E-state index contributed by atoms with van der Waals surface area (Å²) >= 11 is 0. The predicted molar refractivity (Wildman–Crippen MR) is 204 cm³/mol. The zero-order chi connectivity index (χ0) is 36.7. The van der Waals surface area contributed by atoms with Crippen molar-refractivity contribution in [3.63, 3.8) is 0 Å². The summed E-state index contributed by atoms with van der Waals surface area (Å²) < 4.78 is 35.3. The molecule has 276 valence electrons. The zero-order valence-corrected chi connectivity index (χ0v) is 30.8. The van der Waals surface area contributed by atoms with Crippen LogP contribution in [-0.4, -0.2) is 76.9 Å². The van der Waals surface area contributed by atoms with Crippen LogP contribution < -0.4 is 19.7 Å². The summed E-state index contributed by atoms with van der Waals surface area (Å²) in [5, 5.41) is 5.45. The molecule has 1 saturated carbocycles. The Morgan fingerprint density at radius 3 is 2.43 bits per heavy atom. The Bertz CT molecular complexity index is 2110. The van der Waals surface area contributed by atoms with E-state index in [-0.39, 0.29) is 41.1 Å². The summed E-state index contributed by atoms with van der Waals surface area (Å²) in [4.78, 5) is 31.7. The number of piperidine rings is 1. The minimum Gasteiger partial charge on any atom is -0.489 e. The molecule has 10 nitrogen and oxygen atoms in total. The number of anilines is 1. The summed E-state index contributed by atoms with van der Waals surface area (Å²) in [5.74, 6) is 1.05. The molecule has 2 saturated heterocycles. The van der Waals surface area contributed by atoms with E-state index in [4.69, 9.17) is 29.2 Å². The second-order valence-electron chi connectivity index (χ2n) is 15.7. The maximum Gasteiger partial charge on any atom is 0.407 e. The Labute approximate surface area is 309 Å². The van der Waals surface area contributed by atoms with E-state index in [1.807, 2.05) is 87.5 Å². The Morgan fingerprint density at radius 2 is 1.70 bits per heavy atom. The van der Waals surface area contributed by atoms with Gasteiger partial charge in [0.25, 0.3) is 0 Å². The fourth-order valence-electron chi connectivity index (χ4n) is 8.25. The largest absolute Gasteiger partial charge is 0.489 e. The second kappa shape index (κ2) is 14.4. The number of pyridine rings is 1. The molecule has 2 aliphatic heterocycles. The number of amides is 1. The molecular formula is C42H47FN6O4. The lowest BCUT2D eigenvalue weighted by Gasteiger charge is -2.39. The van der Waals surface area contributed by atoms with Crippen LogP contribution in [0.5, 0.6) is 11.8 Å². The maximum absolute atomic E-state index is 17.2. The molecule has 3 aliphatic rings. The highest BCUT2D eigenvalue weighted by atomic mass is 19.1. The van der Waals surface area contributed by atoms with E-state index in [0.717, 1.165) is 48.6 Å². The number of nitrogens with one attached hydrogen (secondary N) is 1. The third kappa shape index (κ3) is 7.44. The van der Waals surface area contributed by atoms with Crippen LogP contribution in [0.15, 0.2) is 72.9 Å². The number of hydrogen-bond donors (Lipinski definition) is 1. The van der Waals surface area contributed by atoms with Crippen molar-refractivity contribution >= 4 is 33.6 Å². The quantitative estimate of drug-likeness (QED) is 0.164. The number of likely N-dealkylation sites (tertiary alicyclic amines) is 1. The summed E-state index contributed by atoms with van der Waals surface area (Å²) in [6, 6.07) is 22.0. The molecule has 8 rings (SSSR count). The van der Waals surface area contributed by atoms with Crippen molar-refractivity contribution in [1.82, 2.24) is 25.2 Å². The van der Waals surface area contributed by atoms with E-state index in [2.05, 4.69) is 22.2 Å². The normalized spacial score (nSPS) is 21.6. The lowest BCUT2D eigenvalue weighted by Crippen LogP contribution is -2.53. The molecule has 1 amide bonds. The number of aromatic nitrogens is 3. The number of alkyl carbamates (subject to hydrolysis) is 1. The number of hydrogen-bond acceptors (Lipinski definition) is 9. The number of carbonyl (C=O) groups excluding carboxylic acids is 1. The van der Waals surface area contributed by atoms with Gasteiger partial charge in [-0.1, -0.05) is 54.6 Å². The van der Waals surface area contributed by atoms with Gasteiger partial charge in [-0.2, -0.15) is 9.97 Å². The zero-order valence-electron chi connectivity index (χ0n) is 30.8. The van der Waals surface area contributed by atoms with Gasteiger partial charge in [-0.3, -0.25) is 4.98 Å². The van der Waals surface area contributed by atoms with Gasteiger partial charge >= 0.3 is 12.1 Å². The highest BCUT2D eigenvalue weighted by Crippen LogP contribution is 2.42. The summed E-state index contributed by atoms with van der Waals surface area (Å²) in [7, 11) is 2.10. The number of ether oxygens (including phenoxy) is 3. The molecule has 1 aliphatic carbocycles. The van der Waals surface area contributed by atoms with Crippen molar-refractivity contribution in [2.24, 2.45) is 11.8 Å². The summed E-state index contributed by atoms with van der Waals surface area (Å²) in [5.41, 5.74) is 1.43. The molecule has 2 bridgehead atoms. The molecule has 1 N–H and O–H groups in total. The van der Waals surface area contributed by atoms with Crippen molar-refractivity contribution in [2.45, 2.75) is 70.7 Å². The number of halogens is 1. The van der Waals surface area contributed by atoms with E-state index >= 15 is 4.39 Å². The number of nitrogens with zero attached hydrogens (tertiary/aromatic N) is 5. The minimum atomic E-state index is -0.577. The van der Waals surface area contributed by atoms with Gasteiger partial charge in [-0.05, 0) is 100 Å². The molecule has 0 spiro atoms. The van der Waals surface area contributed by atoms with E-state index in [0.29, 0.717) is 48.8 Å². The first-order valence-electron chi connectivity index (χ1n) is 18.7.